The number of anilines is 1. The van der Waals surface area contributed by atoms with Crippen molar-refractivity contribution < 1.29 is 14.3 Å². The molecule has 1 aliphatic carbocycles. The fourth-order valence-electron chi connectivity index (χ4n) is 3.03. The quantitative estimate of drug-likeness (QED) is 0.848. The summed E-state index contributed by atoms with van der Waals surface area (Å²) in [5.74, 6) is -0.271. The number of carbonyl (C=O) groups is 2. The molecular formula is C19H23N3O3. The summed E-state index contributed by atoms with van der Waals surface area (Å²) in [4.78, 5) is 24.6. The molecule has 0 unspecified atom stereocenters. The van der Waals surface area contributed by atoms with Crippen LogP contribution in [0.4, 0.5) is 5.82 Å². The molecule has 1 aromatic heterocycles. The van der Waals surface area contributed by atoms with Gasteiger partial charge in [-0.3, -0.25) is 4.79 Å². The summed E-state index contributed by atoms with van der Waals surface area (Å²) in [5.41, 5.74) is 2.99. The number of aryl methyl sites for hydroxylation is 2. The van der Waals surface area contributed by atoms with E-state index in [9.17, 15) is 9.59 Å². The van der Waals surface area contributed by atoms with Crippen LogP contribution >= 0.6 is 0 Å². The van der Waals surface area contributed by atoms with Crippen LogP contribution in [-0.2, 0) is 22.4 Å². The Balaban J connectivity index is 1.63. The number of nitrogens with zero attached hydrogens (tertiary/aromatic N) is 2. The number of ether oxygens (including phenoxy) is 1. The average Bonchev–Trinajstić information content (AvgIpc) is 3.22. The molecule has 0 spiro atoms. The maximum Gasteiger partial charge on any atom is 0.338 e. The lowest BCUT2D eigenvalue weighted by atomic mass is 10.1. The second kappa shape index (κ2) is 7.09. The third kappa shape index (κ3) is 3.73. The number of fused-ring (bicyclic) bond motifs is 1. The molecule has 1 atom stereocenters. The molecule has 1 heterocycles. The largest absolute Gasteiger partial charge is 0.449 e. The van der Waals surface area contributed by atoms with Gasteiger partial charge in [-0.2, -0.15) is 5.10 Å². The Labute approximate surface area is 147 Å². The van der Waals surface area contributed by atoms with Gasteiger partial charge in [0, 0.05) is 12.1 Å². The zero-order valence-electron chi connectivity index (χ0n) is 14.8. The van der Waals surface area contributed by atoms with Crippen LogP contribution < -0.4 is 5.32 Å². The van der Waals surface area contributed by atoms with Crippen molar-refractivity contribution in [3.8, 4) is 0 Å². The number of esters is 1. The highest BCUT2D eigenvalue weighted by molar-refractivity contribution is 5.97. The minimum atomic E-state index is -0.892. The number of benzene rings is 1. The SMILES string of the molecule is CC(C)n1nccc1NC(=O)[C@H](C)OC(=O)c1ccc2c(c1)CCC2. The smallest absolute Gasteiger partial charge is 0.338 e. The molecule has 1 aromatic carbocycles. The minimum absolute atomic E-state index is 0.120. The number of rotatable bonds is 5. The van der Waals surface area contributed by atoms with Crippen molar-refractivity contribution in [1.29, 1.82) is 0 Å². The first kappa shape index (κ1) is 17.2. The van der Waals surface area contributed by atoms with Crippen LogP contribution in [0.5, 0.6) is 0 Å². The Hall–Kier alpha value is -2.63. The number of hydrogen-bond donors (Lipinski definition) is 1. The number of carbonyl (C=O) groups excluding carboxylic acids is 2. The maximum absolute atomic E-state index is 12.3. The van der Waals surface area contributed by atoms with Crippen LogP contribution in [0, 0.1) is 0 Å². The monoisotopic (exact) mass is 341 g/mol. The summed E-state index contributed by atoms with van der Waals surface area (Å²) in [7, 11) is 0. The molecule has 6 nitrogen and oxygen atoms in total. The molecule has 0 radical (unpaired) electrons. The van der Waals surface area contributed by atoms with E-state index in [-0.39, 0.29) is 11.9 Å². The van der Waals surface area contributed by atoms with E-state index >= 15 is 0 Å². The summed E-state index contributed by atoms with van der Waals surface area (Å²) < 4.78 is 7.03. The fourth-order valence-corrected chi connectivity index (χ4v) is 3.03. The predicted molar refractivity (Wildman–Crippen MR) is 94.6 cm³/mol. The van der Waals surface area contributed by atoms with Crippen molar-refractivity contribution in [2.75, 3.05) is 5.32 Å². The number of hydrogen-bond acceptors (Lipinski definition) is 4. The molecule has 0 fully saturated rings. The zero-order valence-corrected chi connectivity index (χ0v) is 14.8. The summed E-state index contributed by atoms with van der Waals surface area (Å²) in [6, 6.07) is 7.46. The van der Waals surface area contributed by atoms with E-state index in [2.05, 4.69) is 10.4 Å². The van der Waals surface area contributed by atoms with Crippen LogP contribution in [0.15, 0.2) is 30.5 Å². The minimum Gasteiger partial charge on any atom is -0.449 e. The molecule has 0 bridgehead atoms. The van der Waals surface area contributed by atoms with Crippen LogP contribution in [-0.4, -0.2) is 27.8 Å². The van der Waals surface area contributed by atoms with E-state index in [1.807, 2.05) is 26.0 Å². The molecule has 1 N–H and O–H groups in total. The highest BCUT2D eigenvalue weighted by Crippen LogP contribution is 2.23. The molecule has 0 saturated carbocycles. The summed E-state index contributed by atoms with van der Waals surface area (Å²) >= 11 is 0. The number of amides is 1. The van der Waals surface area contributed by atoms with Crippen molar-refractivity contribution in [1.82, 2.24) is 9.78 Å². The van der Waals surface area contributed by atoms with Crippen LogP contribution in [0.2, 0.25) is 0 Å². The normalized spacial score (nSPS) is 14.2. The molecule has 1 aliphatic rings. The molecule has 0 saturated heterocycles. The van der Waals surface area contributed by atoms with E-state index in [4.69, 9.17) is 4.74 Å². The van der Waals surface area contributed by atoms with E-state index in [0.29, 0.717) is 11.4 Å². The second-order valence-corrected chi connectivity index (χ2v) is 6.63. The fraction of sp³-hybridized carbons (Fsp3) is 0.421. The van der Waals surface area contributed by atoms with Gasteiger partial charge in [0.2, 0.25) is 0 Å². The van der Waals surface area contributed by atoms with Crippen LogP contribution in [0.3, 0.4) is 0 Å². The molecule has 132 valence electrons. The maximum atomic E-state index is 12.3. The Morgan fingerprint density at radius 3 is 2.68 bits per heavy atom. The molecule has 0 aliphatic heterocycles. The first-order valence-corrected chi connectivity index (χ1v) is 8.63. The summed E-state index contributed by atoms with van der Waals surface area (Å²) in [6.45, 7) is 5.51. The predicted octanol–water partition coefficient (Wildman–Crippen LogP) is 3.14. The van der Waals surface area contributed by atoms with Gasteiger partial charge in [0.05, 0.1) is 11.8 Å². The molecular weight excluding hydrogens is 318 g/mol. The first-order valence-electron chi connectivity index (χ1n) is 8.63. The van der Waals surface area contributed by atoms with Gasteiger partial charge < -0.3 is 10.1 Å². The van der Waals surface area contributed by atoms with Crippen molar-refractivity contribution in [3.63, 3.8) is 0 Å². The van der Waals surface area contributed by atoms with Gasteiger partial charge >= 0.3 is 5.97 Å². The second-order valence-electron chi connectivity index (χ2n) is 6.63. The standard InChI is InChI=1S/C19H23N3O3/c1-12(2)22-17(9-10-20-22)21-18(23)13(3)25-19(24)16-8-7-14-5-4-6-15(14)11-16/h7-13H,4-6H2,1-3H3,(H,21,23)/t13-/m0/s1. The van der Waals surface area contributed by atoms with Gasteiger partial charge in [-0.15, -0.1) is 0 Å². The van der Waals surface area contributed by atoms with Gasteiger partial charge in [-0.25, -0.2) is 9.48 Å². The highest BCUT2D eigenvalue weighted by atomic mass is 16.5. The van der Waals surface area contributed by atoms with Crippen LogP contribution in [0.1, 0.15) is 54.7 Å². The van der Waals surface area contributed by atoms with Crippen molar-refractivity contribution in [3.05, 3.63) is 47.2 Å². The highest BCUT2D eigenvalue weighted by Gasteiger charge is 2.21. The Morgan fingerprint density at radius 1 is 1.16 bits per heavy atom. The lowest BCUT2D eigenvalue weighted by Crippen LogP contribution is -2.31. The third-order valence-electron chi connectivity index (χ3n) is 4.40. The molecule has 3 rings (SSSR count). The number of aromatic nitrogens is 2. The zero-order chi connectivity index (χ0) is 18.0. The Kier molecular flexibility index (Phi) is 4.88. The van der Waals surface area contributed by atoms with E-state index in [1.54, 1.807) is 29.9 Å². The van der Waals surface area contributed by atoms with Gasteiger partial charge in [0.15, 0.2) is 6.10 Å². The van der Waals surface area contributed by atoms with Crippen molar-refractivity contribution in [2.45, 2.75) is 52.2 Å². The lowest BCUT2D eigenvalue weighted by Gasteiger charge is -2.16. The molecule has 25 heavy (non-hydrogen) atoms. The van der Waals surface area contributed by atoms with E-state index in [1.165, 1.54) is 11.1 Å². The Morgan fingerprint density at radius 2 is 1.92 bits per heavy atom. The summed E-state index contributed by atoms with van der Waals surface area (Å²) in [6.07, 6.45) is 3.90. The van der Waals surface area contributed by atoms with Crippen molar-refractivity contribution in [2.24, 2.45) is 0 Å². The topological polar surface area (TPSA) is 73.2 Å². The average molecular weight is 341 g/mol. The van der Waals surface area contributed by atoms with Crippen molar-refractivity contribution >= 4 is 17.7 Å². The van der Waals surface area contributed by atoms with E-state index in [0.717, 1.165) is 19.3 Å². The number of nitrogens with one attached hydrogen (secondary N) is 1. The van der Waals surface area contributed by atoms with Crippen LogP contribution in [0.25, 0.3) is 0 Å². The Bertz CT molecular complexity index is 795. The first-order chi connectivity index (χ1) is 12.0. The molecule has 6 heteroatoms. The van der Waals surface area contributed by atoms with Gasteiger partial charge in [0.1, 0.15) is 5.82 Å². The lowest BCUT2D eigenvalue weighted by molar-refractivity contribution is -0.123. The summed E-state index contributed by atoms with van der Waals surface area (Å²) in [5, 5.41) is 6.92. The molecule has 1 amide bonds. The van der Waals surface area contributed by atoms with Gasteiger partial charge in [-0.05, 0) is 63.3 Å². The third-order valence-corrected chi connectivity index (χ3v) is 4.40. The van der Waals surface area contributed by atoms with Gasteiger partial charge in [-0.1, -0.05) is 6.07 Å². The van der Waals surface area contributed by atoms with E-state index < -0.39 is 12.1 Å². The molecule has 2 aromatic rings. The van der Waals surface area contributed by atoms with Gasteiger partial charge in [0.25, 0.3) is 5.91 Å².